The number of hydrogen-bond donors (Lipinski definition) is 0. The van der Waals surface area contributed by atoms with Crippen molar-refractivity contribution in [3.05, 3.63) is 72.1 Å². The first kappa shape index (κ1) is 15.5. The van der Waals surface area contributed by atoms with Crippen molar-refractivity contribution in [2.45, 2.75) is 6.54 Å². The van der Waals surface area contributed by atoms with Gasteiger partial charge in [0.15, 0.2) is 5.82 Å². The maximum absolute atomic E-state index is 5.44. The summed E-state index contributed by atoms with van der Waals surface area (Å²) in [7, 11) is 1.69. The van der Waals surface area contributed by atoms with Crippen molar-refractivity contribution in [3.8, 4) is 27.8 Å². The zero-order valence-corrected chi connectivity index (χ0v) is 14.5. The number of para-hydroxylation sites is 1. The van der Waals surface area contributed by atoms with E-state index in [4.69, 9.17) is 4.74 Å². The molecule has 0 aliphatic heterocycles. The van der Waals surface area contributed by atoms with Gasteiger partial charge in [-0.05, 0) is 17.5 Å². The van der Waals surface area contributed by atoms with Crippen molar-refractivity contribution in [1.29, 1.82) is 0 Å². The minimum atomic E-state index is 0.673. The first-order chi connectivity index (χ1) is 12.3. The second kappa shape index (κ2) is 6.86. The minimum Gasteiger partial charge on any atom is -0.496 e. The van der Waals surface area contributed by atoms with Gasteiger partial charge in [0.05, 0.1) is 24.1 Å². The number of ether oxygens (including phenoxy) is 1. The number of aromatic nitrogens is 4. The zero-order chi connectivity index (χ0) is 17.1. The summed E-state index contributed by atoms with van der Waals surface area (Å²) in [6, 6.07) is 12.0. The van der Waals surface area contributed by atoms with E-state index in [1.807, 2.05) is 54.3 Å². The van der Waals surface area contributed by atoms with Crippen LogP contribution in [-0.2, 0) is 6.54 Å². The van der Waals surface area contributed by atoms with Crippen LogP contribution >= 0.6 is 11.3 Å². The van der Waals surface area contributed by atoms with Crippen LogP contribution in [0.15, 0.2) is 66.6 Å². The molecule has 0 aliphatic rings. The van der Waals surface area contributed by atoms with Gasteiger partial charge in [0.1, 0.15) is 11.6 Å². The van der Waals surface area contributed by atoms with E-state index in [1.54, 1.807) is 24.6 Å². The van der Waals surface area contributed by atoms with Crippen LogP contribution in [0.3, 0.4) is 0 Å². The highest BCUT2D eigenvalue weighted by molar-refractivity contribution is 7.13. The van der Waals surface area contributed by atoms with Crippen LogP contribution in [0.4, 0.5) is 0 Å². The molecular weight excluding hydrogens is 332 g/mol. The fourth-order valence-electron chi connectivity index (χ4n) is 2.69. The van der Waals surface area contributed by atoms with Crippen LogP contribution < -0.4 is 4.74 Å². The number of rotatable bonds is 5. The standard InChI is InChI=1S/C19H16N4OS/c1-24-16-6-3-2-5-14(16)13-23-9-8-20-19(23)15-11-21-18(22-12-15)17-7-4-10-25-17/h2-12H,13H2,1H3. The molecule has 3 aromatic heterocycles. The third-order valence-corrected chi connectivity index (χ3v) is 4.77. The number of methoxy groups -OCH3 is 1. The maximum atomic E-state index is 5.44. The van der Waals surface area contributed by atoms with Gasteiger partial charge in [0.25, 0.3) is 0 Å². The molecule has 0 bridgehead atoms. The summed E-state index contributed by atoms with van der Waals surface area (Å²) in [5, 5.41) is 2.02. The van der Waals surface area contributed by atoms with Crippen LogP contribution in [0.5, 0.6) is 5.75 Å². The summed E-state index contributed by atoms with van der Waals surface area (Å²) in [5.74, 6) is 2.44. The van der Waals surface area contributed by atoms with E-state index in [0.717, 1.165) is 33.4 Å². The van der Waals surface area contributed by atoms with Crippen LogP contribution in [0.1, 0.15) is 5.56 Å². The molecule has 0 spiro atoms. The Hall–Kier alpha value is -2.99. The molecule has 0 aliphatic carbocycles. The Kier molecular flexibility index (Phi) is 4.26. The number of nitrogens with zero attached hydrogens (tertiary/aromatic N) is 4. The lowest BCUT2D eigenvalue weighted by molar-refractivity contribution is 0.408. The molecule has 0 amide bonds. The summed E-state index contributed by atoms with van der Waals surface area (Å²) >= 11 is 1.63. The van der Waals surface area contributed by atoms with Gasteiger partial charge in [0, 0.05) is 30.4 Å². The van der Waals surface area contributed by atoms with Gasteiger partial charge in [-0.2, -0.15) is 0 Å². The van der Waals surface area contributed by atoms with Crippen molar-refractivity contribution in [2.24, 2.45) is 0 Å². The van der Waals surface area contributed by atoms with Crippen molar-refractivity contribution in [1.82, 2.24) is 19.5 Å². The Bertz CT molecular complexity index is 961. The van der Waals surface area contributed by atoms with Gasteiger partial charge in [0.2, 0.25) is 0 Å². The van der Waals surface area contributed by atoms with E-state index in [9.17, 15) is 0 Å². The molecule has 0 radical (unpaired) electrons. The predicted octanol–water partition coefficient (Wildman–Crippen LogP) is 4.13. The fraction of sp³-hybridized carbons (Fsp3) is 0.105. The highest BCUT2D eigenvalue weighted by Gasteiger charge is 2.11. The summed E-state index contributed by atoms with van der Waals surface area (Å²) < 4.78 is 7.51. The molecule has 0 fully saturated rings. The first-order valence-corrected chi connectivity index (χ1v) is 8.72. The molecule has 0 N–H and O–H groups in total. The van der Waals surface area contributed by atoms with E-state index in [2.05, 4.69) is 25.6 Å². The Morgan fingerprint density at radius 1 is 1.04 bits per heavy atom. The van der Waals surface area contributed by atoms with Crippen molar-refractivity contribution in [3.63, 3.8) is 0 Å². The topological polar surface area (TPSA) is 52.8 Å². The Labute approximate surface area is 149 Å². The Morgan fingerprint density at radius 2 is 1.88 bits per heavy atom. The average Bonchev–Trinajstić information content (AvgIpc) is 3.34. The van der Waals surface area contributed by atoms with Gasteiger partial charge in [-0.3, -0.25) is 0 Å². The number of imidazole rings is 1. The first-order valence-electron chi connectivity index (χ1n) is 7.84. The third-order valence-electron chi connectivity index (χ3n) is 3.90. The second-order valence-corrected chi connectivity index (χ2v) is 6.41. The monoisotopic (exact) mass is 348 g/mol. The molecular formula is C19H16N4OS. The number of thiophene rings is 1. The molecule has 0 saturated carbocycles. The molecule has 0 saturated heterocycles. The SMILES string of the molecule is COc1ccccc1Cn1ccnc1-c1cnc(-c2cccs2)nc1. The molecule has 5 nitrogen and oxygen atoms in total. The van der Waals surface area contributed by atoms with E-state index >= 15 is 0 Å². The zero-order valence-electron chi connectivity index (χ0n) is 13.7. The third kappa shape index (κ3) is 3.16. The molecule has 3 heterocycles. The number of hydrogen-bond acceptors (Lipinski definition) is 5. The molecule has 4 aromatic rings. The van der Waals surface area contributed by atoms with E-state index < -0.39 is 0 Å². The van der Waals surface area contributed by atoms with Crippen LogP contribution in [0.25, 0.3) is 22.1 Å². The Balaban J connectivity index is 1.63. The largest absolute Gasteiger partial charge is 0.496 e. The lowest BCUT2D eigenvalue weighted by Gasteiger charge is -2.11. The summed E-state index contributed by atoms with van der Waals surface area (Å²) in [5.41, 5.74) is 1.99. The summed E-state index contributed by atoms with van der Waals surface area (Å²) in [6.07, 6.45) is 7.39. The minimum absolute atomic E-state index is 0.673. The van der Waals surface area contributed by atoms with Crippen molar-refractivity contribution >= 4 is 11.3 Å². The van der Waals surface area contributed by atoms with Crippen LogP contribution in [0, 0.1) is 0 Å². The Morgan fingerprint density at radius 3 is 2.64 bits per heavy atom. The van der Waals surface area contributed by atoms with Gasteiger partial charge < -0.3 is 9.30 Å². The molecule has 4 rings (SSSR count). The molecule has 6 heteroatoms. The molecule has 1 aromatic carbocycles. The highest BCUT2D eigenvalue weighted by Crippen LogP contribution is 2.24. The van der Waals surface area contributed by atoms with Gasteiger partial charge in [-0.15, -0.1) is 11.3 Å². The molecule has 0 atom stereocenters. The average molecular weight is 348 g/mol. The fourth-order valence-corrected chi connectivity index (χ4v) is 3.36. The summed E-state index contributed by atoms with van der Waals surface area (Å²) in [6.45, 7) is 0.673. The van der Waals surface area contributed by atoms with Gasteiger partial charge in [-0.25, -0.2) is 15.0 Å². The van der Waals surface area contributed by atoms with Crippen molar-refractivity contribution < 1.29 is 4.74 Å². The van der Waals surface area contributed by atoms with Gasteiger partial charge >= 0.3 is 0 Å². The normalized spacial score (nSPS) is 10.8. The predicted molar refractivity (Wildman–Crippen MR) is 98.7 cm³/mol. The van der Waals surface area contributed by atoms with Crippen molar-refractivity contribution in [2.75, 3.05) is 7.11 Å². The quantitative estimate of drug-likeness (QED) is 0.544. The van der Waals surface area contributed by atoms with Crippen LogP contribution in [-0.4, -0.2) is 26.6 Å². The van der Waals surface area contributed by atoms with E-state index in [0.29, 0.717) is 6.54 Å². The second-order valence-electron chi connectivity index (χ2n) is 5.46. The maximum Gasteiger partial charge on any atom is 0.169 e. The van der Waals surface area contributed by atoms with E-state index in [1.165, 1.54) is 0 Å². The molecule has 0 unspecified atom stereocenters. The van der Waals surface area contributed by atoms with E-state index in [-0.39, 0.29) is 0 Å². The lowest BCUT2D eigenvalue weighted by Crippen LogP contribution is -2.03. The number of benzene rings is 1. The molecule has 124 valence electrons. The molecule has 25 heavy (non-hydrogen) atoms. The smallest absolute Gasteiger partial charge is 0.169 e. The van der Waals surface area contributed by atoms with Gasteiger partial charge in [-0.1, -0.05) is 24.3 Å². The van der Waals surface area contributed by atoms with Crippen LogP contribution in [0.2, 0.25) is 0 Å². The highest BCUT2D eigenvalue weighted by atomic mass is 32.1. The summed E-state index contributed by atoms with van der Waals surface area (Å²) in [4.78, 5) is 14.5. The lowest BCUT2D eigenvalue weighted by atomic mass is 10.2.